The first-order valence-corrected chi connectivity index (χ1v) is 8.49. The number of carbonyl (C=O) groups is 1. The third kappa shape index (κ3) is 4.86. The van der Waals surface area contributed by atoms with E-state index in [1.54, 1.807) is 13.2 Å². The van der Waals surface area contributed by atoms with E-state index in [0.29, 0.717) is 17.9 Å². The normalized spacial score (nSPS) is 11.7. The molecule has 0 heterocycles. The fourth-order valence-electron chi connectivity index (χ4n) is 2.14. The Labute approximate surface area is 150 Å². The van der Waals surface area contributed by atoms with Gasteiger partial charge in [-0.15, -0.1) is 0 Å². The number of methoxy groups -OCH3 is 1. The first-order valence-electron chi connectivity index (χ1n) is 7.41. The highest BCUT2D eigenvalue weighted by Gasteiger charge is 2.19. The Morgan fingerprint density at radius 2 is 1.96 bits per heavy atom. The van der Waals surface area contributed by atoms with Gasteiger partial charge in [0.05, 0.1) is 7.11 Å². The van der Waals surface area contributed by atoms with Gasteiger partial charge in [-0.05, 0) is 71.8 Å². The lowest BCUT2D eigenvalue weighted by Gasteiger charge is -2.18. The maximum atomic E-state index is 12.5. The highest BCUT2D eigenvalue weighted by Crippen LogP contribution is 2.22. The summed E-state index contributed by atoms with van der Waals surface area (Å²) in [7, 11) is 1.60. The lowest BCUT2D eigenvalue weighted by molar-refractivity contribution is -0.122. The molecule has 5 heteroatoms. The van der Waals surface area contributed by atoms with E-state index in [0.717, 1.165) is 14.8 Å². The Morgan fingerprint density at radius 1 is 1.22 bits per heavy atom. The van der Waals surface area contributed by atoms with Crippen LogP contribution in [0.3, 0.4) is 0 Å². The summed E-state index contributed by atoms with van der Waals surface area (Å²) < 4.78 is 12.1. The highest BCUT2D eigenvalue weighted by atomic mass is 127. The molecule has 2 aromatic rings. The van der Waals surface area contributed by atoms with Crippen LogP contribution < -0.4 is 14.8 Å². The van der Waals surface area contributed by atoms with E-state index in [4.69, 9.17) is 9.47 Å². The van der Waals surface area contributed by atoms with E-state index in [-0.39, 0.29) is 5.91 Å². The van der Waals surface area contributed by atoms with Crippen LogP contribution in [-0.2, 0) is 4.79 Å². The monoisotopic (exact) mass is 425 g/mol. The summed E-state index contributed by atoms with van der Waals surface area (Å²) in [5.74, 6) is 1.16. The van der Waals surface area contributed by atoms with Crippen LogP contribution in [-0.4, -0.2) is 19.1 Å². The van der Waals surface area contributed by atoms with E-state index in [1.807, 2.05) is 50.2 Å². The van der Waals surface area contributed by atoms with E-state index in [9.17, 15) is 4.79 Å². The van der Waals surface area contributed by atoms with Crippen molar-refractivity contribution < 1.29 is 14.3 Å². The summed E-state index contributed by atoms with van der Waals surface area (Å²) in [6.07, 6.45) is 0.0210. The van der Waals surface area contributed by atoms with Gasteiger partial charge in [0.15, 0.2) is 6.10 Å². The van der Waals surface area contributed by atoms with Gasteiger partial charge in [0.1, 0.15) is 11.5 Å². The van der Waals surface area contributed by atoms with Gasteiger partial charge in [-0.3, -0.25) is 4.79 Å². The molecule has 122 valence electrons. The number of ether oxygens (including phenoxy) is 2. The minimum Gasteiger partial charge on any atom is -0.497 e. The molecule has 0 aliphatic carbocycles. The Hall–Kier alpha value is -1.76. The molecular weight excluding hydrogens is 405 g/mol. The zero-order valence-corrected chi connectivity index (χ0v) is 15.6. The summed E-state index contributed by atoms with van der Waals surface area (Å²) >= 11 is 2.25. The van der Waals surface area contributed by atoms with E-state index >= 15 is 0 Å². The Morgan fingerprint density at radius 3 is 2.61 bits per heavy atom. The molecule has 2 rings (SSSR count). The van der Waals surface area contributed by atoms with Gasteiger partial charge in [-0.1, -0.05) is 13.0 Å². The number of benzene rings is 2. The van der Waals surface area contributed by atoms with Crippen molar-refractivity contribution in [2.75, 3.05) is 12.4 Å². The van der Waals surface area contributed by atoms with Crippen LogP contribution >= 0.6 is 22.6 Å². The molecule has 0 spiro atoms. The van der Waals surface area contributed by atoms with Gasteiger partial charge in [-0.25, -0.2) is 0 Å². The molecule has 2 aromatic carbocycles. The van der Waals surface area contributed by atoms with E-state index in [2.05, 4.69) is 27.9 Å². The Kier molecular flexibility index (Phi) is 6.27. The van der Waals surface area contributed by atoms with Gasteiger partial charge in [0, 0.05) is 15.3 Å². The van der Waals surface area contributed by atoms with Gasteiger partial charge in [0.2, 0.25) is 0 Å². The zero-order valence-electron chi connectivity index (χ0n) is 13.4. The van der Waals surface area contributed by atoms with Crippen LogP contribution in [0.1, 0.15) is 18.9 Å². The second kappa shape index (κ2) is 8.19. The smallest absolute Gasteiger partial charge is 0.265 e. The highest BCUT2D eigenvalue weighted by molar-refractivity contribution is 14.1. The maximum Gasteiger partial charge on any atom is 0.265 e. The van der Waals surface area contributed by atoms with Crippen LogP contribution in [0, 0.1) is 10.5 Å². The molecule has 1 N–H and O–H groups in total. The maximum absolute atomic E-state index is 12.5. The van der Waals surface area contributed by atoms with Crippen LogP contribution in [0.2, 0.25) is 0 Å². The second-order valence-electron chi connectivity index (χ2n) is 5.14. The number of hydrogen-bond donors (Lipinski definition) is 1. The van der Waals surface area contributed by atoms with Gasteiger partial charge in [-0.2, -0.15) is 0 Å². The number of rotatable bonds is 6. The quantitative estimate of drug-likeness (QED) is 0.698. The fourth-order valence-corrected chi connectivity index (χ4v) is 2.79. The first kappa shape index (κ1) is 17.6. The zero-order chi connectivity index (χ0) is 16.8. The van der Waals surface area contributed by atoms with E-state index < -0.39 is 6.10 Å². The van der Waals surface area contributed by atoms with Crippen molar-refractivity contribution in [3.63, 3.8) is 0 Å². The number of carbonyl (C=O) groups excluding carboxylic acids is 1. The number of anilines is 1. The minimum absolute atomic E-state index is 0.153. The predicted octanol–water partition coefficient (Wildman–Crippen LogP) is 4.40. The molecular formula is C18H20INO3. The number of hydrogen-bond acceptors (Lipinski definition) is 3. The van der Waals surface area contributed by atoms with Crippen molar-refractivity contribution >= 4 is 34.2 Å². The van der Waals surface area contributed by atoms with Gasteiger partial charge >= 0.3 is 0 Å². The van der Waals surface area contributed by atoms with Crippen molar-refractivity contribution in [3.8, 4) is 11.5 Å². The Bertz CT molecular complexity index is 688. The molecule has 0 aliphatic rings. The molecule has 0 unspecified atom stereocenters. The van der Waals surface area contributed by atoms with Crippen molar-refractivity contribution in [2.45, 2.75) is 26.4 Å². The summed E-state index contributed by atoms with van der Waals surface area (Å²) in [5.41, 5.74) is 1.84. The van der Waals surface area contributed by atoms with Gasteiger partial charge < -0.3 is 14.8 Å². The first-order chi connectivity index (χ1) is 11.0. The molecule has 0 bridgehead atoms. The Balaban J connectivity index is 2.08. The largest absolute Gasteiger partial charge is 0.497 e. The topological polar surface area (TPSA) is 47.6 Å². The molecule has 4 nitrogen and oxygen atoms in total. The predicted molar refractivity (Wildman–Crippen MR) is 100 cm³/mol. The number of nitrogens with one attached hydrogen (secondary N) is 1. The number of halogens is 1. The minimum atomic E-state index is -0.555. The average molecular weight is 425 g/mol. The van der Waals surface area contributed by atoms with Crippen molar-refractivity contribution in [1.82, 2.24) is 0 Å². The fraction of sp³-hybridized carbons (Fsp3) is 0.278. The second-order valence-corrected chi connectivity index (χ2v) is 6.39. The lowest BCUT2D eigenvalue weighted by atomic mass is 10.2. The third-order valence-corrected chi connectivity index (χ3v) is 4.10. The summed E-state index contributed by atoms with van der Waals surface area (Å²) in [5, 5.41) is 2.94. The standard InChI is InChI=1S/C18H20INO3/c1-4-17(23-15-7-5-6-14(11-15)22-3)18(21)20-16-9-8-13(19)10-12(16)2/h5-11,17H,4H2,1-3H3,(H,20,21)/t17-/m0/s1. The summed E-state index contributed by atoms with van der Waals surface area (Å²) in [4.78, 5) is 12.5. The van der Waals surface area contributed by atoms with Crippen LogP contribution in [0.25, 0.3) is 0 Å². The summed E-state index contributed by atoms with van der Waals surface area (Å²) in [6, 6.07) is 13.2. The molecule has 0 aliphatic heterocycles. The number of amides is 1. The lowest BCUT2D eigenvalue weighted by Crippen LogP contribution is -2.32. The van der Waals surface area contributed by atoms with Crippen molar-refractivity contribution in [2.24, 2.45) is 0 Å². The molecule has 23 heavy (non-hydrogen) atoms. The molecule has 0 saturated heterocycles. The van der Waals surface area contributed by atoms with Crippen LogP contribution in [0.4, 0.5) is 5.69 Å². The molecule has 0 radical (unpaired) electrons. The van der Waals surface area contributed by atoms with Crippen LogP contribution in [0.15, 0.2) is 42.5 Å². The summed E-state index contributed by atoms with van der Waals surface area (Å²) in [6.45, 7) is 3.90. The van der Waals surface area contributed by atoms with Crippen molar-refractivity contribution in [3.05, 3.63) is 51.6 Å². The van der Waals surface area contributed by atoms with Crippen LogP contribution in [0.5, 0.6) is 11.5 Å². The molecule has 0 fully saturated rings. The molecule has 1 atom stereocenters. The van der Waals surface area contributed by atoms with Gasteiger partial charge in [0.25, 0.3) is 5.91 Å². The molecule has 1 amide bonds. The SMILES string of the molecule is CC[C@H](Oc1cccc(OC)c1)C(=O)Nc1ccc(I)cc1C. The number of aryl methyl sites for hydroxylation is 1. The molecule has 0 aromatic heterocycles. The average Bonchev–Trinajstić information content (AvgIpc) is 2.55. The third-order valence-electron chi connectivity index (χ3n) is 3.43. The van der Waals surface area contributed by atoms with Crippen molar-refractivity contribution in [1.29, 1.82) is 0 Å². The van der Waals surface area contributed by atoms with E-state index in [1.165, 1.54) is 0 Å². The molecule has 0 saturated carbocycles.